The Balaban J connectivity index is 0.613. The highest BCUT2D eigenvalue weighted by atomic mass is 32.1. The Morgan fingerprint density at radius 3 is 1.09 bits per heavy atom. The number of esters is 1. The minimum absolute atomic E-state index is 0.107. The summed E-state index contributed by atoms with van der Waals surface area (Å²) in [6.45, 7) is 24.5. The van der Waals surface area contributed by atoms with E-state index < -0.39 is 0 Å². The molecule has 9 heteroatoms. The largest absolute Gasteiger partial charge is 0.494 e. The molecule has 0 saturated heterocycles. The molecule has 4 aromatic heterocycles. The maximum atomic E-state index is 11.7. The maximum absolute atomic E-state index is 11.7. The molecule has 0 N–H and O–H groups in total. The molecule has 0 amide bonds. The van der Waals surface area contributed by atoms with Crippen LogP contribution < -0.4 is 4.74 Å². The highest BCUT2D eigenvalue weighted by molar-refractivity contribution is 7.19. The SMILES string of the molecule is C=C(C)C(=O)OCCCCCCCCCCOc1ccc(-c2ccc(-c3ccc4c(c3)C3(c5cc(-c6ccc7c(c6)C6(c8cc(-c9ccc%10c(c9)C9(c%11cc(-c%12ccc(-c%13ccc(-c%14ccc(C)s%14)c%14nsnc%13%14)s%12)ccc%11-%10)C%10(CCC)CCCC9(CCC)CCC%10)ccc8-7)C7(CC)CCCC6(CC)CCC7)ccc5-4)C4(C)CCCC3(C)CCC4)s2)cc1. The molecular weight excluding hydrogens is 1570 g/mol. The third-order valence-corrected chi connectivity index (χ3v) is 38.4. The molecular formula is C114H124N2O3S4. The zero-order chi connectivity index (χ0) is 83.9. The van der Waals surface area contributed by atoms with Gasteiger partial charge in [-0.25, -0.2) is 4.79 Å². The third kappa shape index (κ3) is 12.2. The first-order valence-corrected chi connectivity index (χ1v) is 51.1. The number of rotatable bonds is 26. The van der Waals surface area contributed by atoms with Crippen molar-refractivity contribution in [2.75, 3.05) is 13.2 Å². The van der Waals surface area contributed by atoms with Crippen molar-refractivity contribution in [3.05, 3.63) is 232 Å². The van der Waals surface area contributed by atoms with E-state index in [4.69, 9.17) is 18.2 Å². The number of nitrogens with zero attached hydrogens (tertiary/aromatic N) is 2. The fraction of sp³-hybridized carbons (Fsp3) is 0.447. The summed E-state index contributed by atoms with van der Waals surface area (Å²) in [5, 5.41) is 0. The predicted octanol–water partition coefficient (Wildman–Crippen LogP) is 33.8. The molecule has 4 heterocycles. The summed E-state index contributed by atoms with van der Waals surface area (Å²) in [5.41, 5.74) is 33.7. The van der Waals surface area contributed by atoms with E-state index in [1.807, 2.05) is 34.0 Å². The molecule has 9 aliphatic rings. The molecule has 0 unspecified atom stereocenters. The molecule has 6 saturated carbocycles. The molecule has 5 nitrogen and oxygen atoms in total. The quantitative estimate of drug-likeness (QED) is 0.0307. The molecule has 3 spiro atoms. The first-order chi connectivity index (χ1) is 60.0. The van der Waals surface area contributed by atoms with Crippen LogP contribution in [0.25, 0.3) is 119 Å². The van der Waals surface area contributed by atoms with Crippen molar-refractivity contribution in [1.82, 2.24) is 8.75 Å². The second kappa shape index (κ2) is 31.6. The molecule has 0 radical (unpaired) electrons. The lowest BCUT2D eigenvalue weighted by atomic mass is 9.36. The molecule has 632 valence electrons. The highest BCUT2D eigenvalue weighted by Gasteiger charge is 2.72. The van der Waals surface area contributed by atoms with Crippen LogP contribution in [0.2, 0.25) is 0 Å². The van der Waals surface area contributed by atoms with Gasteiger partial charge >= 0.3 is 5.97 Å². The summed E-state index contributed by atoms with van der Waals surface area (Å²) in [5.74, 6) is 0.667. The van der Waals surface area contributed by atoms with Crippen LogP contribution in [-0.2, 0) is 25.8 Å². The van der Waals surface area contributed by atoms with Crippen molar-refractivity contribution in [2.45, 2.75) is 277 Å². The fourth-order valence-corrected chi connectivity index (χ4v) is 33.4. The van der Waals surface area contributed by atoms with Gasteiger partial charge in [0.1, 0.15) is 16.8 Å². The van der Waals surface area contributed by atoms with Crippen molar-refractivity contribution in [3.8, 4) is 114 Å². The Morgan fingerprint density at radius 1 is 0.358 bits per heavy atom. The predicted molar refractivity (Wildman–Crippen MR) is 520 cm³/mol. The molecule has 0 atom stereocenters. The molecule has 6 bridgehead atoms. The zero-order valence-corrected chi connectivity index (χ0v) is 77.6. The zero-order valence-electron chi connectivity index (χ0n) is 74.3. The van der Waals surface area contributed by atoms with E-state index in [9.17, 15) is 4.79 Å². The number of aryl methyl sites for hydroxylation is 1. The molecule has 12 aromatic rings. The first kappa shape index (κ1) is 81.7. The van der Waals surface area contributed by atoms with Gasteiger partial charge in [-0.05, 0) is 365 Å². The topological polar surface area (TPSA) is 61.3 Å². The smallest absolute Gasteiger partial charge is 0.333 e. The molecule has 123 heavy (non-hydrogen) atoms. The molecule has 8 aromatic carbocycles. The van der Waals surface area contributed by atoms with Crippen LogP contribution in [0.5, 0.6) is 5.75 Å². The number of fused-ring (bicyclic) bond motifs is 10. The van der Waals surface area contributed by atoms with E-state index in [1.54, 1.807) is 40.3 Å². The monoisotopic (exact) mass is 1700 g/mol. The van der Waals surface area contributed by atoms with Gasteiger partial charge < -0.3 is 9.47 Å². The molecule has 9 aliphatic carbocycles. The number of unbranched alkanes of at least 4 members (excludes halogenated alkanes) is 7. The van der Waals surface area contributed by atoms with Crippen molar-refractivity contribution < 1.29 is 14.3 Å². The highest BCUT2D eigenvalue weighted by Crippen LogP contribution is 2.80. The van der Waals surface area contributed by atoms with Crippen LogP contribution in [0, 0.1) is 39.4 Å². The van der Waals surface area contributed by atoms with Crippen LogP contribution >= 0.6 is 45.7 Å². The van der Waals surface area contributed by atoms with Crippen LogP contribution in [0.1, 0.15) is 292 Å². The third-order valence-electron chi connectivity index (χ3n) is 34.5. The van der Waals surface area contributed by atoms with E-state index >= 15 is 0 Å². The van der Waals surface area contributed by atoms with Gasteiger partial charge in [0.15, 0.2) is 0 Å². The number of carbonyl (C=O) groups excluding carboxylic acids is 1. The number of benzene rings is 8. The van der Waals surface area contributed by atoms with Crippen molar-refractivity contribution >= 4 is 62.7 Å². The Morgan fingerprint density at radius 2 is 0.683 bits per heavy atom. The standard InChI is InChI=1S/C114H124N2O3S4/c1-10-52-110-62-26-64-111(53-11-2,65-27-63-110)114(110)96-71-80(34-42-88(96)89-44-36-82(73-97(89)114)100-50-51-102(122-100)91-46-45-90(101-47-28-75(7)120-101)103-104(91)116-123-115-103)79-33-41-87-86-40-32-78(69-94(86)113(95(87)70-79)108(12-3)58-24-60-109(113,13-4)61-25-59-108)77-31-39-84-85-43-35-81(72-93(85)112(92(84)68-77)106(8)54-22-56-107(112,9)57-23-55-106)99-49-48-98(121-99)76-29-37-83(38-30-76)118-66-20-18-16-14-15-17-19-21-67-119-105(117)74(5)6/h28-51,68-73H,5,10-27,52-67H2,1-4,6-9H3. The van der Waals surface area contributed by atoms with E-state index in [2.05, 4.69) is 237 Å². The minimum Gasteiger partial charge on any atom is -0.494 e. The van der Waals surface area contributed by atoms with Gasteiger partial charge in [-0.3, -0.25) is 0 Å². The normalized spacial score (nSPS) is 26.5. The number of thiophene rings is 3. The van der Waals surface area contributed by atoms with Crippen molar-refractivity contribution in [3.63, 3.8) is 0 Å². The Labute approximate surface area is 748 Å². The van der Waals surface area contributed by atoms with Gasteiger partial charge in [0.05, 0.1) is 24.9 Å². The summed E-state index contributed by atoms with van der Waals surface area (Å²) in [4.78, 5) is 19.5. The Kier molecular flexibility index (Phi) is 21.0. The van der Waals surface area contributed by atoms with Gasteiger partial charge in [0.25, 0.3) is 0 Å². The Bertz CT molecular complexity index is 6000. The fourth-order valence-electron chi connectivity index (χ4n) is 29.9. The molecule has 21 rings (SSSR count). The second-order valence-electron chi connectivity index (χ2n) is 40.4. The van der Waals surface area contributed by atoms with Gasteiger partial charge in [-0.1, -0.05) is 223 Å². The van der Waals surface area contributed by atoms with Gasteiger partial charge in [-0.15, -0.1) is 34.0 Å². The lowest BCUT2D eigenvalue weighted by Gasteiger charge is -2.67. The lowest BCUT2D eigenvalue weighted by Crippen LogP contribution is -2.62. The van der Waals surface area contributed by atoms with Gasteiger partial charge in [-0.2, -0.15) is 8.75 Å². The van der Waals surface area contributed by atoms with E-state index in [-0.39, 0.29) is 54.7 Å². The number of hydrogen-bond donors (Lipinski definition) is 0. The second-order valence-corrected chi connectivity index (χ2v) is 44.3. The van der Waals surface area contributed by atoms with Gasteiger partial charge in [0, 0.05) is 62.2 Å². The lowest BCUT2D eigenvalue weighted by molar-refractivity contribution is -0.139. The minimum atomic E-state index is -0.280. The van der Waals surface area contributed by atoms with E-state index in [0.29, 0.717) is 12.2 Å². The number of carbonyl (C=O) groups is 1. The molecule has 0 aliphatic heterocycles. The first-order valence-electron chi connectivity index (χ1n) is 48.0. The van der Waals surface area contributed by atoms with Crippen LogP contribution in [-0.4, -0.2) is 27.9 Å². The molecule has 6 fully saturated rings. The van der Waals surface area contributed by atoms with Gasteiger partial charge in [0.2, 0.25) is 0 Å². The number of hydrogen-bond acceptors (Lipinski definition) is 9. The summed E-state index contributed by atoms with van der Waals surface area (Å²) in [6.07, 6.45) is 39.8. The van der Waals surface area contributed by atoms with E-state index in [1.165, 1.54) is 311 Å². The average molecular weight is 1700 g/mol. The van der Waals surface area contributed by atoms with Crippen molar-refractivity contribution in [2.24, 2.45) is 32.5 Å². The van der Waals surface area contributed by atoms with Crippen LogP contribution in [0.4, 0.5) is 0 Å². The summed E-state index contributed by atoms with van der Waals surface area (Å²) >= 11 is 7.05. The summed E-state index contributed by atoms with van der Waals surface area (Å²) in [7, 11) is 0. The summed E-state index contributed by atoms with van der Waals surface area (Å²) < 4.78 is 21.5. The maximum Gasteiger partial charge on any atom is 0.333 e. The number of aromatic nitrogens is 2. The average Bonchev–Trinajstić information content (AvgIpc) is 1.52. The number of ether oxygens (including phenoxy) is 2. The van der Waals surface area contributed by atoms with Crippen molar-refractivity contribution in [1.29, 1.82) is 0 Å². The summed E-state index contributed by atoms with van der Waals surface area (Å²) in [6, 6.07) is 75.2. The van der Waals surface area contributed by atoms with E-state index in [0.717, 1.165) is 42.7 Å². The Hall–Kier alpha value is -8.31. The van der Waals surface area contributed by atoms with Crippen LogP contribution in [0.15, 0.2) is 194 Å². The van der Waals surface area contributed by atoms with Crippen LogP contribution in [0.3, 0.4) is 0 Å².